The molecule has 3 rings (SSSR count). The van der Waals surface area contributed by atoms with Crippen LogP contribution in [0.1, 0.15) is 115 Å². The lowest BCUT2D eigenvalue weighted by Crippen LogP contribution is -2.25. The third kappa shape index (κ3) is 6.80. The quantitative estimate of drug-likeness (QED) is 0.250. The highest BCUT2D eigenvalue weighted by Gasteiger charge is 2.32. The van der Waals surface area contributed by atoms with Crippen molar-refractivity contribution in [3.8, 4) is 5.75 Å². The van der Waals surface area contributed by atoms with Gasteiger partial charge in [0.1, 0.15) is 0 Å². The first-order valence-electron chi connectivity index (χ1n) is 12.9. The van der Waals surface area contributed by atoms with Crippen molar-refractivity contribution in [3.63, 3.8) is 0 Å². The maximum absolute atomic E-state index is 14.6. The van der Waals surface area contributed by atoms with Gasteiger partial charge >= 0.3 is 0 Å². The van der Waals surface area contributed by atoms with Gasteiger partial charge < -0.3 is 4.74 Å². The molecule has 0 unspecified atom stereocenters. The molecule has 1 aromatic carbocycles. The Morgan fingerprint density at radius 3 is 2.10 bits per heavy atom. The molecule has 174 valence electrons. The van der Waals surface area contributed by atoms with Crippen LogP contribution in [0.15, 0.2) is 25.0 Å². The smallest absolute Gasteiger partial charge is 0.201 e. The van der Waals surface area contributed by atoms with Crippen LogP contribution in [-0.4, -0.2) is 0 Å². The minimum absolute atomic E-state index is 0.0809. The molecule has 0 aromatic heterocycles. The fourth-order valence-corrected chi connectivity index (χ4v) is 6.11. The van der Waals surface area contributed by atoms with E-state index in [1.807, 2.05) is 0 Å². The minimum atomic E-state index is -0.886. The predicted octanol–water partition coefficient (Wildman–Crippen LogP) is 9.32. The molecule has 2 saturated carbocycles. The van der Waals surface area contributed by atoms with Crippen LogP contribution in [0.3, 0.4) is 0 Å². The average Bonchev–Trinajstić information content (AvgIpc) is 2.80. The van der Waals surface area contributed by atoms with Crippen LogP contribution in [0.2, 0.25) is 0 Å². The van der Waals surface area contributed by atoms with Gasteiger partial charge in [0.25, 0.3) is 0 Å². The molecule has 0 N–H and O–H groups in total. The van der Waals surface area contributed by atoms with Gasteiger partial charge in [-0.15, -0.1) is 0 Å². The fourth-order valence-electron chi connectivity index (χ4n) is 6.11. The number of benzene rings is 1. The van der Waals surface area contributed by atoms with Gasteiger partial charge in [-0.3, -0.25) is 0 Å². The highest BCUT2D eigenvalue weighted by atomic mass is 19.2. The first-order valence-corrected chi connectivity index (χ1v) is 12.9. The minimum Gasteiger partial charge on any atom is -0.462 e. The summed E-state index contributed by atoms with van der Waals surface area (Å²) in [6.45, 7) is 5.69. The van der Waals surface area contributed by atoms with E-state index in [0.717, 1.165) is 49.7 Å². The van der Waals surface area contributed by atoms with Crippen molar-refractivity contribution < 1.29 is 13.5 Å². The molecule has 0 spiro atoms. The normalized spacial score (nSPS) is 26.5. The maximum atomic E-state index is 14.6. The van der Waals surface area contributed by atoms with E-state index in [4.69, 9.17) is 4.74 Å². The molecule has 1 nitrogen and oxygen atoms in total. The summed E-state index contributed by atoms with van der Waals surface area (Å²) in [5.41, 5.74) is 0.523. The molecule has 0 aliphatic heterocycles. The first kappa shape index (κ1) is 24.3. The molecule has 0 amide bonds. The molecule has 0 bridgehead atoms. The van der Waals surface area contributed by atoms with Crippen molar-refractivity contribution in [3.05, 3.63) is 42.2 Å². The Morgan fingerprint density at radius 1 is 0.839 bits per heavy atom. The zero-order valence-electron chi connectivity index (χ0n) is 19.5. The average molecular weight is 433 g/mol. The third-order valence-corrected chi connectivity index (χ3v) is 8.02. The van der Waals surface area contributed by atoms with Gasteiger partial charge in [-0.1, -0.05) is 77.4 Å². The van der Waals surface area contributed by atoms with Crippen LogP contribution >= 0.6 is 0 Å². The van der Waals surface area contributed by atoms with Crippen molar-refractivity contribution in [2.75, 3.05) is 0 Å². The Bertz CT molecular complexity index is 670. The summed E-state index contributed by atoms with van der Waals surface area (Å²) >= 11 is 0. The van der Waals surface area contributed by atoms with Gasteiger partial charge in [0, 0.05) is 0 Å². The monoisotopic (exact) mass is 432 g/mol. The second-order valence-corrected chi connectivity index (χ2v) is 10.0. The second-order valence-electron chi connectivity index (χ2n) is 10.0. The topological polar surface area (TPSA) is 9.23 Å². The lowest BCUT2D eigenvalue weighted by atomic mass is 9.68. The Morgan fingerprint density at radius 2 is 1.45 bits per heavy atom. The number of halogens is 2. The van der Waals surface area contributed by atoms with Gasteiger partial charge in [0.05, 0.1) is 6.26 Å². The summed E-state index contributed by atoms with van der Waals surface area (Å²) in [6.07, 6.45) is 20.8. The number of ether oxygens (including phenoxy) is 1. The van der Waals surface area contributed by atoms with E-state index >= 15 is 0 Å². The Hall–Kier alpha value is -1.38. The summed E-state index contributed by atoms with van der Waals surface area (Å²) in [7, 11) is 0. The molecule has 0 saturated heterocycles. The standard InChI is InChI=1S/C28H42F2O/c1-3-5-6-7-8-9-10-21-11-13-22(14-12-21)23-15-17-24(18-16-23)25-19-20-26(31-4-2)28(30)27(25)29/h4,19-24H,2-3,5-18H2,1H3. The van der Waals surface area contributed by atoms with Gasteiger partial charge in [-0.25, -0.2) is 4.39 Å². The highest BCUT2D eigenvalue weighted by Crippen LogP contribution is 2.45. The number of hydrogen-bond acceptors (Lipinski definition) is 1. The fraction of sp³-hybridized carbons (Fsp3) is 0.714. The highest BCUT2D eigenvalue weighted by molar-refractivity contribution is 5.33. The zero-order valence-corrected chi connectivity index (χ0v) is 19.5. The van der Waals surface area contributed by atoms with Gasteiger partial charge in [-0.2, -0.15) is 4.39 Å². The van der Waals surface area contributed by atoms with Gasteiger partial charge in [0.2, 0.25) is 5.82 Å². The molecule has 3 heteroatoms. The van der Waals surface area contributed by atoms with E-state index in [2.05, 4.69) is 13.5 Å². The molecular weight excluding hydrogens is 390 g/mol. The van der Waals surface area contributed by atoms with Crippen LogP contribution in [0, 0.1) is 29.4 Å². The molecule has 2 fully saturated rings. The van der Waals surface area contributed by atoms with E-state index in [0.29, 0.717) is 5.56 Å². The van der Waals surface area contributed by atoms with Crippen LogP contribution in [0.5, 0.6) is 5.75 Å². The zero-order chi connectivity index (χ0) is 22.1. The molecule has 2 aliphatic rings. The molecule has 1 aromatic rings. The van der Waals surface area contributed by atoms with E-state index in [1.165, 1.54) is 76.7 Å². The third-order valence-electron chi connectivity index (χ3n) is 8.02. The van der Waals surface area contributed by atoms with Crippen LogP contribution in [0.4, 0.5) is 8.78 Å². The summed E-state index contributed by atoms with van der Waals surface area (Å²) in [5, 5.41) is 0. The molecule has 31 heavy (non-hydrogen) atoms. The van der Waals surface area contributed by atoms with Crippen LogP contribution in [0.25, 0.3) is 0 Å². The second kappa shape index (κ2) is 12.6. The first-order chi connectivity index (χ1) is 15.1. The summed E-state index contributed by atoms with van der Waals surface area (Å²) in [4.78, 5) is 0. The molecule has 2 aliphatic carbocycles. The van der Waals surface area contributed by atoms with Gasteiger partial charge in [0.15, 0.2) is 11.6 Å². The lowest BCUT2D eigenvalue weighted by molar-refractivity contribution is 0.155. The maximum Gasteiger partial charge on any atom is 0.201 e. The number of rotatable bonds is 11. The molecular formula is C28H42F2O. The van der Waals surface area contributed by atoms with Crippen LogP contribution in [-0.2, 0) is 0 Å². The van der Waals surface area contributed by atoms with Gasteiger partial charge in [-0.05, 0) is 73.8 Å². The summed E-state index contributed by atoms with van der Waals surface area (Å²) < 4.78 is 33.8. The molecule has 0 heterocycles. The number of hydrogen-bond donors (Lipinski definition) is 0. The molecule has 0 radical (unpaired) electrons. The molecule has 0 atom stereocenters. The Kier molecular flexibility index (Phi) is 9.87. The van der Waals surface area contributed by atoms with Crippen molar-refractivity contribution in [1.82, 2.24) is 0 Å². The van der Waals surface area contributed by atoms with E-state index in [9.17, 15) is 8.78 Å². The van der Waals surface area contributed by atoms with Crippen LogP contribution < -0.4 is 4.74 Å². The number of unbranched alkanes of at least 4 members (excludes halogenated alkanes) is 5. The Labute approximate surface area is 188 Å². The lowest BCUT2D eigenvalue weighted by Gasteiger charge is -2.38. The van der Waals surface area contributed by atoms with E-state index < -0.39 is 11.6 Å². The van der Waals surface area contributed by atoms with E-state index in [-0.39, 0.29) is 11.7 Å². The van der Waals surface area contributed by atoms with Crippen molar-refractivity contribution in [2.45, 2.75) is 109 Å². The SMILES string of the molecule is C=COc1ccc(C2CCC(C3CCC(CCCCCCCC)CC3)CC2)c(F)c1F. The van der Waals surface area contributed by atoms with E-state index in [1.54, 1.807) is 6.07 Å². The summed E-state index contributed by atoms with van der Waals surface area (Å²) in [5.74, 6) is 1.01. The summed E-state index contributed by atoms with van der Waals surface area (Å²) in [6, 6.07) is 3.24. The van der Waals surface area contributed by atoms with Crippen molar-refractivity contribution >= 4 is 0 Å². The van der Waals surface area contributed by atoms with Crippen molar-refractivity contribution in [1.29, 1.82) is 0 Å². The largest absolute Gasteiger partial charge is 0.462 e. The predicted molar refractivity (Wildman–Crippen MR) is 125 cm³/mol. The van der Waals surface area contributed by atoms with Crippen molar-refractivity contribution in [2.24, 2.45) is 17.8 Å². The Balaban J connectivity index is 1.39.